The van der Waals surface area contributed by atoms with Crippen LogP contribution in [0.2, 0.25) is 0 Å². The molecule has 0 aromatic rings. The fraction of sp³-hybridized carbons (Fsp3) is 0.833. The molecule has 7 heteroatoms. The molecule has 0 aromatic carbocycles. The van der Waals surface area contributed by atoms with Crippen molar-refractivity contribution in [2.24, 2.45) is 0 Å². The average Bonchev–Trinajstić information content (AvgIpc) is 1.85. The number of aliphatic carboxylic acids is 1. The maximum Gasteiger partial charge on any atom is 1.00 e. The molecule has 72 valence electrons. The van der Waals surface area contributed by atoms with Crippen LogP contribution in [0.15, 0.2) is 0 Å². The van der Waals surface area contributed by atoms with Crippen LogP contribution in [0.4, 0.5) is 0 Å². The number of hydrogen-bond acceptors (Lipinski definition) is 5. The molecule has 0 bridgehead atoms. The zero-order chi connectivity index (χ0) is 9.61. The van der Waals surface area contributed by atoms with Gasteiger partial charge in [0.05, 0.1) is 25.3 Å². The molecule has 0 unspecified atom stereocenters. The van der Waals surface area contributed by atoms with E-state index in [0.29, 0.717) is 0 Å². The van der Waals surface area contributed by atoms with E-state index in [-0.39, 0.29) is 42.8 Å². The van der Waals surface area contributed by atoms with Gasteiger partial charge in [0, 0.05) is 0 Å². The van der Waals surface area contributed by atoms with E-state index in [0.717, 1.165) is 0 Å². The van der Waals surface area contributed by atoms with E-state index in [1.807, 2.05) is 0 Å². The number of carbonyl (C=O) groups excluding carboxylic acids is 1. The van der Waals surface area contributed by atoms with E-state index < -0.39 is 19.7 Å². The smallest absolute Gasteiger partial charge is 0.549 e. The zero-order valence-electron chi connectivity index (χ0n) is 8.11. The molecule has 0 amide bonds. The monoisotopic (exact) mass is 218 g/mol. The summed E-state index contributed by atoms with van der Waals surface area (Å²) in [5.41, 5.74) is 0. The minimum atomic E-state index is -3.44. The van der Waals surface area contributed by atoms with Crippen molar-refractivity contribution in [3.8, 4) is 0 Å². The Kier molecular flexibility index (Phi) is 9.85. The summed E-state index contributed by atoms with van der Waals surface area (Å²) in [5.74, 6) is -1.43. The Balaban J connectivity index is 0. The first-order valence-electron chi connectivity index (χ1n) is 3.62. The van der Waals surface area contributed by atoms with Gasteiger partial charge in [0.15, 0.2) is 0 Å². The van der Waals surface area contributed by atoms with E-state index in [1.165, 1.54) is 0 Å². The summed E-state index contributed by atoms with van der Waals surface area (Å²) in [6.45, 7) is 3.54. The van der Waals surface area contributed by atoms with Crippen molar-refractivity contribution in [1.82, 2.24) is 0 Å². The summed E-state index contributed by atoms with van der Waals surface area (Å²) in [5, 5.41) is 10.1. The van der Waals surface area contributed by atoms with Crippen molar-refractivity contribution in [2.75, 3.05) is 19.4 Å². The van der Waals surface area contributed by atoms with Crippen molar-refractivity contribution in [2.45, 2.75) is 13.8 Å². The van der Waals surface area contributed by atoms with Gasteiger partial charge in [-0.05, 0) is 13.8 Å². The second kappa shape index (κ2) is 7.97. The SMILES string of the molecule is CCOP(=O)(CC(=O)[O-])OCC.[Na+]. The van der Waals surface area contributed by atoms with Gasteiger partial charge in [-0.15, -0.1) is 0 Å². The first-order chi connectivity index (χ1) is 5.54. The van der Waals surface area contributed by atoms with Gasteiger partial charge in [-0.1, -0.05) is 0 Å². The van der Waals surface area contributed by atoms with E-state index in [9.17, 15) is 14.5 Å². The summed E-state index contributed by atoms with van der Waals surface area (Å²) >= 11 is 0. The molecular weight excluding hydrogens is 206 g/mol. The first kappa shape index (κ1) is 16.1. The molecule has 0 spiro atoms. The molecule has 0 aliphatic heterocycles. The topological polar surface area (TPSA) is 75.7 Å². The molecule has 13 heavy (non-hydrogen) atoms. The molecule has 0 rings (SSSR count). The normalized spacial score (nSPS) is 10.6. The Labute approximate surface area is 99.6 Å². The predicted octanol–water partition coefficient (Wildman–Crippen LogP) is -2.99. The van der Waals surface area contributed by atoms with Gasteiger partial charge in [0.25, 0.3) is 0 Å². The zero-order valence-corrected chi connectivity index (χ0v) is 11.0. The van der Waals surface area contributed by atoms with Gasteiger partial charge in [-0.3, -0.25) is 4.57 Å². The maximum absolute atomic E-state index is 11.4. The van der Waals surface area contributed by atoms with Crippen molar-refractivity contribution >= 4 is 13.6 Å². The molecule has 0 aliphatic carbocycles. The number of carbonyl (C=O) groups is 1. The fourth-order valence-electron chi connectivity index (χ4n) is 0.680. The summed E-state index contributed by atoms with van der Waals surface area (Å²) < 4.78 is 20.7. The Morgan fingerprint density at radius 1 is 1.31 bits per heavy atom. The third-order valence-corrected chi connectivity index (χ3v) is 2.92. The van der Waals surface area contributed by atoms with Crippen molar-refractivity contribution in [3.63, 3.8) is 0 Å². The summed E-state index contributed by atoms with van der Waals surface area (Å²) in [6, 6.07) is 0. The number of rotatable bonds is 6. The average molecular weight is 218 g/mol. The molecule has 0 N–H and O–H groups in total. The third kappa shape index (κ3) is 7.67. The Hall–Kier alpha value is 0.620. The number of hydrogen-bond donors (Lipinski definition) is 0. The molecule has 0 heterocycles. The van der Waals surface area contributed by atoms with Crippen LogP contribution in [0.3, 0.4) is 0 Å². The molecule has 0 saturated heterocycles. The van der Waals surface area contributed by atoms with Crippen LogP contribution in [-0.4, -0.2) is 25.3 Å². The second-order valence-corrected chi connectivity index (χ2v) is 4.03. The first-order valence-corrected chi connectivity index (χ1v) is 5.35. The van der Waals surface area contributed by atoms with E-state index in [2.05, 4.69) is 0 Å². The Morgan fingerprint density at radius 3 is 1.92 bits per heavy atom. The maximum atomic E-state index is 11.4. The Morgan fingerprint density at radius 2 is 1.69 bits per heavy atom. The molecule has 0 radical (unpaired) electrons. The molecule has 0 aliphatic rings. The standard InChI is InChI=1S/C6H13O5P.Na/c1-3-10-12(9,11-4-2)5-6(7)8;/h3-5H2,1-2H3,(H,7,8);/q;+1/p-1. The second-order valence-electron chi connectivity index (χ2n) is 1.98. The molecule has 0 atom stereocenters. The van der Waals surface area contributed by atoms with Gasteiger partial charge in [-0.2, -0.15) is 0 Å². The van der Waals surface area contributed by atoms with Gasteiger partial charge >= 0.3 is 37.2 Å². The van der Waals surface area contributed by atoms with E-state index >= 15 is 0 Å². The number of carboxylic acid groups (broad SMARTS) is 1. The van der Waals surface area contributed by atoms with E-state index in [1.54, 1.807) is 13.8 Å². The van der Waals surface area contributed by atoms with Crippen LogP contribution in [0.25, 0.3) is 0 Å². The Bertz CT molecular complexity index is 185. The molecular formula is C6H12NaO5P. The number of carboxylic acids is 1. The van der Waals surface area contributed by atoms with Crippen LogP contribution in [0.5, 0.6) is 0 Å². The van der Waals surface area contributed by atoms with Crippen LogP contribution in [-0.2, 0) is 18.4 Å². The minimum absolute atomic E-state index is 0. The predicted molar refractivity (Wildman–Crippen MR) is 40.7 cm³/mol. The van der Waals surface area contributed by atoms with Crippen molar-refractivity contribution in [1.29, 1.82) is 0 Å². The fourth-order valence-corrected chi connectivity index (χ4v) is 2.04. The van der Waals surface area contributed by atoms with Crippen molar-refractivity contribution < 1.29 is 53.1 Å². The van der Waals surface area contributed by atoms with Gasteiger partial charge < -0.3 is 18.9 Å². The van der Waals surface area contributed by atoms with Gasteiger partial charge in [0.2, 0.25) is 0 Å². The molecule has 5 nitrogen and oxygen atoms in total. The van der Waals surface area contributed by atoms with Crippen molar-refractivity contribution in [3.05, 3.63) is 0 Å². The van der Waals surface area contributed by atoms with E-state index in [4.69, 9.17) is 9.05 Å². The largest absolute Gasteiger partial charge is 1.00 e. The summed E-state index contributed by atoms with van der Waals surface area (Å²) in [7, 11) is -3.44. The molecule has 0 saturated carbocycles. The quantitative estimate of drug-likeness (QED) is 0.351. The molecule has 0 aromatic heterocycles. The minimum Gasteiger partial charge on any atom is -0.549 e. The van der Waals surface area contributed by atoms with Crippen LogP contribution < -0.4 is 34.7 Å². The van der Waals surface area contributed by atoms with Gasteiger partial charge in [0.1, 0.15) is 0 Å². The third-order valence-electron chi connectivity index (χ3n) is 0.974. The van der Waals surface area contributed by atoms with Crippen LogP contribution in [0, 0.1) is 0 Å². The summed E-state index contributed by atoms with van der Waals surface area (Å²) in [6.07, 6.45) is -0.686. The molecule has 0 fully saturated rings. The van der Waals surface area contributed by atoms with Crippen LogP contribution >= 0.6 is 7.60 Å². The van der Waals surface area contributed by atoms with Crippen LogP contribution in [0.1, 0.15) is 13.8 Å². The van der Waals surface area contributed by atoms with Gasteiger partial charge in [-0.25, -0.2) is 0 Å². The summed E-state index contributed by atoms with van der Waals surface area (Å²) in [4.78, 5) is 10.1.